The summed E-state index contributed by atoms with van der Waals surface area (Å²) in [5.74, 6) is 1.55. The highest BCUT2D eigenvalue weighted by Crippen LogP contribution is 2.32. The van der Waals surface area contributed by atoms with E-state index in [1.54, 1.807) is 11.3 Å². The molecule has 1 aliphatic heterocycles. The number of aryl methyl sites for hydroxylation is 1. The van der Waals surface area contributed by atoms with Crippen molar-refractivity contribution in [2.75, 3.05) is 18.1 Å². The zero-order valence-corrected chi connectivity index (χ0v) is 15.3. The van der Waals surface area contributed by atoms with E-state index in [2.05, 4.69) is 25.3 Å². The zero-order valence-electron chi connectivity index (χ0n) is 14.5. The maximum Gasteiger partial charge on any atom is 0.258 e. The Labute approximate surface area is 148 Å². The fourth-order valence-electron chi connectivity index (χ4n) is 2.91. The minimum Gasteiger partial charge on any atom is -0.494 e. The molecule has 0 aliphatic carbocycles. The molecule has 24 heavy (non-hydrogen) atoms. The van der Waals surface area contributed by atoms with E-state index >= 15 is 0 Å². The molecule has 0 atom stereocenters. The van der Waals surface area contributed by atoms with Gasteiger partial charge in [0.05, 0.1) is 12.3 Å². The van der Waals surface area contributed by atoms with Gasteiger partial charge in [-0.3, -0.25) is 4.79 Å². The fraction of sp³-hybridized carbons (Fsp3) is 0.450. The highest BCUT2D eigenvalue weighted by Gasteiger charge is 2.23. The predicted octanol–water partition coefficient (Wildman–Crippen LogP) is 5.16. The number of fused-ring (bicyclic) bond motifs is 1. The van der Waals surface area contributed by atoms with Crippen LogP contribution in [-0.4, -0.2) is 19.1 Å². The molecule has 0 saturated heterocycles. The van der Waals surface area contributed by atoms with E-state index in [4.69, 9.17) is 4.74 Å². The standard InChI is InChI=1S/C20H25NO2S/c1-15(2)10-13-23-17-8-6-16(7-9-17)20(22)21-12-4-3-5-19-18(21)11-14-24-19/h6-9,11,14-15H,3-5,10,12-13H2,1-2H3. The van der Waals surface area contributed by atoms with Crippen molar-refractivity contribution in [1.29, 1.82) is 0 Å². The van der Waals surface area contributed by atoms with Crippen molar-refractivity contribution in [2.45, 2.75) is 39.5 Å². The van der Waals surface area contributed by atoms with Crippen LogP contribution in [0.3, 0.4) is 0 Å². The maximum atomic E-state index is 12.9. The molecular formula is C20H25NO2S. The van der Waals surface area contributed by atoms with E-state index < -0.39 is 0 Å². The van der Waals surface area contributed by atoms with Crippen molar-refractivity contribution >= 4 is 22.9 Å². The second-order valence-electron chi connectivity index (χ2n) is 6.70. The molecule has 0 radical (unpaired) electrons. The third-order valence-corrected chi connectivity index (χ3v) is 5.33. The van der Waals surface area contributed by atoms with Crippen molar-refractivity contribution in [3.05, 3.63) is 46.2 Å². The van der Waals surface area contributed by atoms with Gasteiger partial charge in [-0.25, -0.2) is 0 Å². The Morgan fingerprint density at radius 2 is 2.00 bits per heavy atom. The normalized spacial score (nSPS) is 14.4. The van der Waals surface area contributed by atoms with E-state index in [0.29, 0.717) is 5.92 Å². The second kappa shape index (κ2) is 7.84. The molecule has 1 aromatic heterocycles. The van der Waals surface area contributed by atoms with E-state index in [9.17, 15) is 4.79 Å². The number of anilines is 1. The van der Waals surface area contributed by atoms with Crippen molar-refractivity contribution in [1.82, 2.24) is 0 Å². The first-order valence-corrected chi connectivity index (χ1v) is 9.64. The number of thiophene rings is 1. The first kappa shape index (κ1) is 17.0. The van der Waals surface area contributed by atoms with Gasteiger partial charge in [-0.15, -0.1) is 11.3 Å². The Bertz CT molecular complexity index is 675. The summed E-state index contributed by atoms with van der Waals surface area (Å²) >= 11 is 1.75. The summed E-state index contributed by atoms with van der Waals surface area (Å²) in [6.07, 6.45) is 4.33. The maximum absolute atomic E-state index is 12.9. The van der Waals surface area contributed by atoms with Crippen LogP contribution < -0.4 is 9.64 Å². The fourth-order valence-corrected chi connectivity index (χ4v) is 3.83. The molecule has 1 amide bonds. The monoisotopic (exact) mass is 343 g/mol. The molecule has 3 nitrogen and oxygen atoms in total. The van der Waals surface area contributed by atoms with Crippen LogP contribution in [0.25, 0.3) is 0 Å². The summed E-state index contributed by atoms with van der Waals surface area (Å²) in [6, 6.07) is 9.64. The summed E-state index contributed by atoms with van der Waals surface area (Å²) in [4.78, 5) is 16.2. The topological polar surface area (TPSA) is 29.5 Å². The van der Waals surface area contributed by atoms with Crippen LogP contribution in [0.1, 0.15) is 48.3 Å². The molecule has 4 heteroatoms. The van der Waals surface area contributed by atoms with Gasteiger partial charge >= 0.3 is 0 Å². The minimum atomic E-state index is 0.0882. The van der Waals surface area contributed by atoms with E-state index in [-0.39, 0.29) is 5.91 Å². The van der Waals surface area contributed by atoms with Crippen molar-refractivity contribution in [2.24, 2.45) is 5.92 Å². The summed E-state index contributed by atoms with van der Waals surface area (Å²) in [7, 11) is 0. The van der Waals surface area contributed by atoms with Crippen LogP contribution >= 0.6 is 11.3 Å². The lowest BCUT2D eigenvalue weighted by molar-refractivity contribution is 0.0987. The lowest BCUT2D eigenvalue weighted by Gasteiger charge is -2.21. The molecular weight excluding hydrogens is 318 g/mol. The number of hydrogen-bond donors (Lipinski definition) is 0. The third kappa shape index (κ3) is 3.99. The zero-order chi connectivity index (χ0) is 16.9. The van der Waals surface area contributed by atoms with Crippen LogP contribution in [-0.2, 0) is 6.42 Å². The van der Waals surface area contributed by atoms with Gasteiger partial charge in [-0.05, 0) is 67.3 Å². The van der Waals surface area contributed by atoms with Crippen LogP contribution in [0.2, 0.25) is 0 Å². The van der Waals surface area contributed by atoms with Gasteiger partial charge in [0.1, 0.15) is 5.75 Å². The highest BCUT2D eigenvalue weighted by atomic mass is 32.1. The second-order valence-corrected chi connectivity index (χ2v) is 7.70. The Hall–Kier alpha value is -1.81. The Morgan fingerprint density at radius 3 is 2.75 bits per heavy atom. The van der Waals surface area contributed by atoms with E-state index in [1.807, 2.05) is 29.2 Å². The lowest BCUT2D eigenvalue weighted by atomic mass is 10.1. The summed E-state index contributed by atoms with van der Waals surface area (Å²) < 4.78 is 5.74. The van der Waals surface area contributed by atoms with Crippen LogP contribution in [0.15, 0.2) is 35.7 Å². The molecule has 0 unspecified atom stereocenters. The van der Waals surface area contributed by atoms with Crippen molar-refractivity contribution in [3.8, 4) is 5.75 Å². The van der Waals surface area contributed by atoms with E-state index in [0.717, 1.165) is 55.8 Å². The van der Waals surface area contributed by atoms with Crippen LogP contribution in [0.4, 0.5) is 5.69 Å². The molecule has 0 fully saturated rings. The van der Waals surface area contributed by atoms with Gasteiger partial charge in [0.2, 0.25) is 0 Å². The smallest absolute Gasteiger partial charge is 0.258 e. The van der Waals surface area contributed by atoms with Crippen molar-refractivity contribution < 1.29 is 9.53 Å². The Morgan fingerprint density at radius 1 is 1.21 bits per heavy atom. The SMILES string of the molecule is CC(C)CCOc1ccc(C(=O)N2CCCCc3sccc32)cc1. The summed E-state index contributed by atoms with van der Waals surface area (Å²) in [5.41, 5.74) is 1.82. The molecule has 0 saturated carbocycles. The quantitative estimate of drug-likeness (QED) is 0.751. The van der Waals surface area contributed by atoms with Gasteiger partial charge in [0, 0.05) is 17.0 Å². The highest BCUT2D eigenvalue weighted by molar-refractivity contribution is 7.10. The third-order valence-electron chi connectivity index (χ3n) is 4.36. The van der Waals surface area contributed by atoms with Gasteiger partial charge in [0.15, 0.2) is 0 Å². The van der Waals surface area contributed by atoms with Gasteiger partial charge in [-0.2, -0.15) is 0 Å². The number of hydrogen-bond acceptors (Lipinski definition) is 3. The molecule has 0 spiro atoms. The number of rotatable bonds is 5. The first-order valence-electron chi connectivity index (χ1n) is 8.76. The van der Waals surface area contributed by atoms with Gasteiger partial charge < -0.3 is 9.64 Å². The predicted molar refractivity (Wildman–Crippen MR) is 100 cm³/mol. The molecule has 2 aromatic rings. The van der Waals surface area contributed by atoms with E-state index in [1.165, 1.54) is 4.88 Å². The average molecular weight is 343 g/mol. The van der Waals surface area contributed by atoms with Crippen LogP contribution in [0.5, 0.6) is 5.75 Å². The average Bonchev–Trinajstić information content (AvgIpc) is 2.94. The molecule has 1 aliphatic rings. The van der Waals surface area contributed by atoms with Gasteiger partial charge in [0.25, 0.3) is 5.91 Å². The Balaban J connectivity index is 1.69. The molecule has 2 heterocycles. The number of nitrogens with zero attached hydrogens (tertiary/aromatic N) is 1. The number of benzene rings is 1. The largest absolute Gasteiger partial charge is 0.494 e. The number of amides is 1. The molecule has 0 bridgehead atoms. The number of carbonyl (C=O) groups is 1. The molecule has 3 rings (SSSR count). The van der Waals surface area contributed by atoms with Crippen LogP contribution in [0, 0.1) is 5.92 Å². The minimum absolute atomic E-state index is 0.0882. The first-order chi connectivity index (χ1) is 11.6. The molecule has 128 valence electrons. The Kier molecular flexibility index (Phi) is 5.56. The summed E-state index contributed by atoms with van der Waals surface area (Å²) in [6.45, 7) is 5.89. The number of carbonyl (C=O) groups excluding carboxylic acids is 1. The summed E-state index contributed by atoms with van der Waals surface area (Å²) in [5, 5.41) is 2.09. The number of ether oxygens (including phenoxy) is 1. The molecule has 1 aromatic carbocycles. The lowest BCUT2D eigenvalue weighted by Crippen LogP contribution is -2.31. The van der Waals surface area contributed by atoms with Gasteiger partial charge in [-0.1, -0.05) is 13.8 Å². The van der Waals surface area contributed by atoms with Crippen molar-refractivity contribution in [3.63, 3.8) is 0 Å². The molecule has 0 N–H and O–H groups in total.